The van der Waals surface area contributed by atoms with Crippen LogP contribution in [0.4, 0.5) is 10.6 Å². The van der Waals surface area contributed by atoms with Crippen LogP contribution in [0.1, 0.15) is 56.3 Å². The van der Waals surface area contributed by atoms with Gasteiger partial charge in [-0.1, -0.05) is 20.3 Å². The van der Waals surface area contributed by atoms with E-state index in [0.717, 1.165) is 69.4 Å². The number of hydrogen-bond donors (Lipinski definition) is 1. The third kappa shape index (κ3) is 4.20. The quantitative estimate of drug-likeness (QED) is 0.801. The number of nitrogens with one attached hydrogen (secondary N) is 1. The molecule has 1 aliphatic heterocycles. The summed E-state index contributed by atoms with van der Waals surface area (Å²) in [6.45, 7) is 10.3. The number of amides is 2. The van der Waals surface area contributed by atoms with Crippen molar-refractivity contribution in [2.24, 2.45) is 5.92 Å². The van der Waals surface area contributed by atoms with Gasteiger partial charge in [-0.3, -0.25) is 0 Å². The molecular weight excluding hydrogens is 382 g/mol. The van der Waals surface area contributed by atoms with E-state index in [2.05, 4.69) is 24.1 Å². The number of hydrogen-bond acceptors (Lipinski definition) is 5. The number of rotatable bonds is 5. The van der Waals surface area contributed by atoms with Gasteiger partial charge in [0.05, 0.1) is 5.39 Å². The van der Waals surface area contributed by atoms with Crippen LogP contribution in [0.15, 0.2) is 0 Å². The van der Waals surface area contributed by atoms with Crippen molar-refractivity contribution in [3.05, 3.63) is 16.3 Å². The largest absolute Gasteiger partial charge is 0.352 e. The molecule has 1 saturated heterocycles. The lowest BCUT2D eigenvalue weighted by molar-refractivity contribution is 0.195. The molecule has 1 unspecified atom stereocenters. The molecule has 0 aromatic carbocycles. The molecule has 29 heavy (non-hydrogen) atoms. The van der Waals surface area contributed by atoms with Crippen LogP contribution in [0.3, 0.4) is 0 Å². The number of aryl methyl sites for hydroxylation is 2. The molecule has 0 radical (unpaired) electrons. The lowest BCUT2D eigenvalue weighted by Crippen LogP contribution is -2.52. The number of fused-ring (bicyclic) bond motifs is 3. The van der Waals surface area contributed by atoms with E-state index in [1.165, 1.54) is 33.5 Å². The molecule has 1 atom stereocenters. The zero-order valence-electron chi connectivity index (χ0n) is 18.0. The Hall–Kier alpha value is -1.89. The van der Waals surface area contributed by atoms with E-state index in [0.29, 0.717) is 6.54 Å². The van der Waals surface area contributed by atoms with Crippen molar-refractivity contribution in [3.63, 3.8) is 0 Å². The number of aromatic nitrogens is 2. The zero-order chi connectivity index (χ0) is 20.4. The monoisotopic (exact) mass is 415 g/mol. The maximum atomic E-state index is 12.2. The van der Waals surface area contributed by atoms with Gasteiger partial charge in [-0.2, -0.15) is 0 Å². The summed E-state index contributed by atoms with van der Waals surface area (Å²) >= 11 is 1.89. The molecular formula is C22H33N5OS. The van der Waals surface area contributed by atoms with E-state index < -0.39 is 0 Å². The summed E-state index contributed by atoms with van der Waals surface area (Å²) in [5, 5.41) is 4.21. The van der Waals surface area contributed by atoms with Crippen molar-refractivity contribution in [2.45, 2.75) is 59.3 Å². The van der Waals surface area contributed by atoms with Gasteiger partial charge in [0, 0.05) is 44.0 Å². The fourth-order valence-corrected chi connectivity index (χ4v) is 5.82. The highest BCUT2D eigenvalue weighted by atomic mass is 32.1. The maximum Gasteiger partial charge on any atom is 0.317 e. The van der Waals surface area contributed by atoms with Crippen LogP contribution in [0.2, 0.25) is 0 Å². The third-order valence-corrected chi connectivity index (χ3v) is 7.28. The van der Waals surface area contributed by atoms with Crippen LogP contribution < -0.4 is 10.2 Å². The normalized spacial score (nSPS) is 19.5. The fourth-order valence-electron chi connectivity index (χ4n) is 4.43. The van der Waals surface area contributed by atoms with Gasteiger partial charge in [-0.25, -0.2) is 14.8 Å². The molecule has 1 N–H and O–H groups in total. The minimum Gasteiger partial charge on any atom is -0.352 e. The summed E-state index contributed by atoms with van der Waals surface area (Å²) < 4.78 is 0. The van der Waals surface area contributed by atoms with Crippen molar-refractivity contribution in [2.75, 3.05) is 37.6 Å². The third-order valence-electron chi connectivity index (χ3n) is 6.13. The molecule has 6 nitrogen and oxygen atoms in total. The van der Waals surface area contributed by atoms with Crippen LogP contribution in [-0.4, -0.2) is 53.6 Å². The first-order valence-corrected chi connectivity index (χ1v) is 12.0. The van der Waals surface area contributed by atoms with E-state index in [-0.39, 0.29) is 6.03 Å². The van der Waals surface area contributed by atoms with E-state index in [1.54, 1.807) is 0 Å². The molecule has 1 aliphatic carbocycles. The highest BCUT2D eigenvalue weighted by molar-refractivity contribution is 7.19. The number of piperazine rings is 1. The van der Waals surface area contributed by atoms with Crippen molar-refractivity contribution in [1.29, 1.82) is 0 Å². The van der Waals surface area contributed by atoms with Crippen molar-refractivity contribution in [1.82, 2.24) is 20.2 Å². The Morgan fingerprint density at radius 1 is 1.21 bits per heavy atom. The molecule has 2 aromatic heterocycles. The highest BCUT2D eigenvalue weighted by Crippen LogP contribution is 2.41. The van der Waals surface area contributed by atoms with Crippen molar-refractivity contribution in [3.8, 4) is 0 Å². The van der Waals surface area contributed by atoms with Gasteiger partial charge in [0.1, 0.15) is 16.5 Å². The van der Waals surface area contributed by atoms with Gasteiger partial charge in [0.15, 0.2) is 0 Å². The predicted molar refractivity (Wildman–Crippen MR) is 120 cm³/mol. The molecule has 0 spiro atoms. The molecule has 3 heterocycles. The molecule has 2 amide bonds. The van der Waals surface area contributed by atoms with Gasteiger partial charge in [0.25, 0.3) is 0 Å². The molecule has 2 aromatic rings. The first-order chi connectivity index (χ1) is 14.1. The molecule has 0 bridgehead atoms. The second-order valence-electron chi connectivity index (χ2n) is 8.41. The Balaban J connectivity index is 1.66. The number of carbonyl (C=O) groups is 1. The number of unbranched alkanes of at least 4 members (excludes halogenated alkanes) is 1. The second kappa shape index (κ2) is 8.86. The van der Waals surface area contributed by atoms with Crippen LogP contribution in [0, 0.1) is 5.92 Å². The van der Waals surface area contributed by atoms with E-state index in [4.69, 9.17) is 9.97 Å². The first-order valence-electron chi connectivity index (χ1n) is 11.2. The lowest BCUT2D eigenvalue weighted by Gasteiger charge is -2.36. The first kappa shape index (κ1) is 20.4. The maximum absolute atomic E-state index is 12.2. The lowest BCUT2D eigenvalue weighted by atomic mass is 9.89. The van der Waals surface area contributed by atoms with Gasteiger partial charge in [-0.15, -0.1) is 11.3 Å². The summed E-state index contributed by atoms with van der Waals surface area (Å²) in [5.74, 6) is 2.85. The Bertz CT molecular complexity index is 872. The van der Waals surface area contributed by atoms with E-state index in [1.807, 2.05) is 23.2 Å². The average Bonchev–Trinajstić information content (AvgIpc) is 3.09. The van der Waals surface area contributed by atoms with Crippen LogP contribution in [-0.2, 0) is 19.3 Å². The highest BCUT2D eigenvalue weighted by Gasteiger charge is 2.28. The topological polar surface area (TPSA) is 61.4 Å². The number of carbonyl (C=O) groups excluding carboxylic acids is 1. The SMILES string of the molecule is CCCCc1nc(N2CCN(C(=O)NCC)CC2)c2c3c(sc2n1)CC(C)CC3. The number of nitrogens with zero attached hydrogens (tertiary/aromatic N) is 4. The minimum atomic E-state index is 0.0468. The fraction of sp³-hybridized carbons (Fsp3) is 0.682. The molecule has 4 rings (SSSR count). The van der Waals surface area contributed by atoms with Gasteiger partial charge in [-0.05, 0) is 44.1 Å². The number of urea groups is 1. The summed E-state index contributed by atoms with van der Waals surface area (Å²) in [6.07, 6.45) is 6.78. The van der Waals surface area contributed by atoms with E-state index >= 15 is 0 Å². The smallest absolute Gasteiger partial charge is 0.317 e. The summed E-state index contributed by atoms with van der Waals surface area (Å²) in [5.41, 5.74) is 1.49. The van der Waals surface area contributed by atoms with Gasteiger partial charge < -0.3 is 15.1 Å². The van der Waals surface area contributed by atoms with E-state index in [9.17, 15) is 4.79 Å². The van der Waals surface area contributed by atoms with Crippen molar-refractivity contribution < 1.29 is 4.79 Å². The molecule has 2 aliphatic rings. The summed E-state index contributed by atoms with van der Waals surface area (Å²) in [4.78, 5) is 29.2. The van der Waals surface area contributed by atoms with Gasteiger partial charge >= 0.3 is 6.03 Å². The molecule has 7 heteroatoms. The Kier molecular flexibility index (Phi) is 6.23. The predicted octanol–water partition coefficient (Wildman–Crippen LogP) is 4.01. The second-order valence-corrected chi connectivity index (χ2v) is 9.49. The van der Waals surface area contributed by atoms with Crippen LogP contribution in [0.5, 0.6) is 0 Å². The number of anilines is 1. The number of thiophene rings is 1. The summed E-state index contributed by atoms with van der Waals surface area (Å²) in [7, 11) is 0. The Morgan fingerprint density at radius 2 is 2.00 bits per heavy atom. The average molecular weight is 416 g/mol. The standard InChI is InChI=1S/C22H33N5OS/c1-4-6-7-18-24-20(26-10-12-27(13-11-26)22(28)23-5-2)19-16-9-8-15(3)14-17(16)29-21(19)25-18/h15H,4-14H2,1-3H3,(H,23,28). The Morgan fingerprint density at radius 3 is 2.72 bits per heavy atom. The minimum absolute atomic E-state index is 0.0468. The van der Waals surface area contributed by atoms with Crippen LogP contribution >= 0.6 is 11.3 Å². The van der Waals surface area contributed by atoms with Crippen molar-refractivity contribution >= 4 is 33.4 Å². The van der Waals surface area contributed by atoms with Gasteiger partial charge in [0.2, 0.25) is 0 Å². The zero-order valence-corrected chi connectivity index (χ0v) is 18.8. The Labute approximate surface area is 177 Å². The molecule has 1 fully saturated rings. The molecule has 0 saturated carbocycles. The molecule has 158 valence electrons. The summed E-state index contributed by atoms with van der Waals surface area (Å²) in [6, 6.07) is 0.0468. The van der Waals surface area contributed by atoms with Crippen LogP contribution in [0.25, 0.3) is 10.2 Å².